The second-order valence-electron chi connectivity index (χ2n) is 3.64. The summed E-state index contributed by atoms with van der Waals surface area (Å²) in [6, 6.07) is 15.4. The number of halogens is 1. The topological polar surface area (TPSA) is 22.0 Å². The quantitative estimate of drug-likeness (QED) is 0.670. The standard InChI is InChI=1S/C13H8BrNOS/c14-11-8-4-7-10-12(11)17-15(13(10)16)9-5-2-1-3-6-9/h1-8H. The minimum Gasteiger partial charge on any atom is -0.267 e. The van der Waals surface area contributed by atoms with Crippen LogP contribution in [0.1, 0.15) is 0 Å². The third-order valence-electron chi connectivity index (χ3n) is 2.56. The molecule has 2 nitrogen and oxygen atoms in total. The Balaban J connectivity index is 2.37. The lowest BCUT2D eigenvalue weighted by atomic mass is 10.3. The van der Waals surface area contributed by atoms with Gasteiger partial charge in [-0.15, -0.1) is 0 Å². The predicted molar refractivity (Wildman–Crippen MR) is 75.1 cm³/mol. The SMILES string of the molecule is O=c1c2cccc(Br)c2sn1-c1ccccc1. The van der Waals surface area contributed by atoms with Crippen molar-refractivity contribution in [2.45, 2.75) is 0 Å². The second kappa shape index (κ2) is 4.13. The van der Waals surface area contributed by atoms with Crippen LogP contribution in [0.4, 0.5) is 0 Å². The summed E-state index contributed by atoms with van der Waals surface area (Å²) < 4.78 is 3.67. The van der Waals surface area contributed by atoms with E-state index in [1.165, 1.54) is 11.5 Å². The maximum atomic E-state index is 12.2. The van der Waals surface area contributed by atoms with E-state index < -0.39 is 0 Å². The van der Waals surface area contributed by atoms with Crippen molar-refractivity contribution in [3.8, 4) is 5.69 Å². The maximum Gasteiger partial charge on any atom is 0.273 e. The van der Waals surface area contributed by atoms with Gasteiger partial charge in [0.2, 0.25) is 0 Å². The minimum absolute atomic E-state index is 0.0394. The van der Waals surface area contributed by atoms with Crippen molar-refractivity contribution in [3.05, 3.63) is 63.4 Å². The summed E-state index contributed by atoms with van der Waals surface area (Å²) in [5.41, 5.74) is 0.947. The number of fused-ring (bicyclic) bond motifs is 1. The highest BCUT2D eigenvalue weighted by Crippen LogP contribution is 2.27. The molecule has 0 aliphatic heterocycles. The van der Waals surface area contributed by atoms with Crippen molar-refractivity contribution < 1.29 is 0 Å². The van der Waals surface area contributed by atoms with E-state index in [0.717, 1.165) is 20.2 Å². The number of hydrogen-bond acceptors (Lipinski definition) is 2. The van der Waals surface area contributed by atoms with Gasteiger partial charge < -0.3 is 0 Å². The van der Waals surface area contributed by atoms with Crippen molar-refractivity contribution >= 4 is 37.5 Å². The highest BCUT2D eigenvalue weighted by molar-refractivity contribution is 9.10. The first kappa shape index (κ1) is 10.7. The Bertz CT molecular complexity index is 730. The normalized spacial score (nSPS) is 10.9. The van der Waals surface area contributed by atoms with Gasteiger partial charge in [0.05, 0.1) is 15.8 Å². The molecule has 17 heavy (non-hydrogen) atoms. The zero-order valence-corrected chi connectivity index (χ0v) is 11.2. The molecule has 0 atom stereocenters. The molecule has 84 valence electrons. The number of nitrogens with zero attached hydrogens (tertiary/aromatic N) is 1. The molecule has 2 aromatic carbocycles. The van der Waals surface area contributed by atoms with Crippen LogP contribution in [0.25, 0.3) is 15.8 Å². The lowest BCUT2D eigenvalue weighted by molar-refractivity contribution is 1.14. The van der Waals surface area contributed by atoms with Gasteiger partial charge in [0, 0.05) is 4.47 Å². The number of aromatic nitrogens is 1. The van der Waals surface area contributed by atoms with Gasteiger partial charge in [-0.2, -0.15) is 0 Å². The average molecular weight is 306 g/mol. The van der Waals surface area contributed by atoms with Gasteiger partial charge in [-0.3, -0.25) is 4.79 Å². The monoisotopic (exact) mass is 305 g/mol. The summed E-state index contributed by atoms with van der Waals surface area (Å²) in [5, 5.41) is 0.758. The van der Waals surface area contributed by atoms with Crippen LogP contribution in [-0.4, -0.2) is 3.96 Å². The molecule has 0 bridgehead atoms. The van der Waals surface area contributed by atoms with Crippen LogP contribution >= 0.6 is 27.5 Å². The molecule has 3 rings (SSSR count). The molecule has 0 aliphatic carbocycles. The van der Waals surface area contributed by atoms with Gasteiger partial charge in [0.1, 0.15) is 0 Å². The summed E-state index contributed by atoms with van der Waals surface area (Å²) in [7, 11) is 0. The van der Waals surface area contributed by atoms with Crippen LogP contribution in [0, 0.1) is 0 Å². The van der Waals surface area contributed by atoms with E-state index in [9.17, 15) is 4.79 Å². The molecule has 1 aromatic heterocycles. The van der Waals surface area contributed by atoms with Gasteiger partial charge in [-0.05, 0) is 51.7 Å². The molecule has 1 heterocycles. The number of benzene rings is 2. The lowest BCUT2D eigenvalue weighted by Crippen LogP contribution is -2.10. The molecule has 0 unspecified atom stereocenters. The van der Waals surface area contributed by atoms with Crippen LogP contribution in [-0.2, 0) is 0 Å². The van der Waals surface area contributed by atoms with E-state index in [2.05, 4.69) is 15.9 Å². The second-order valence-corrected chi connectivity index (χ2v) is 5.45. The van der Waals surface area contributed by atoms with Crippen molar-refractivity contribution in [2.75, 3.05) is 0 Å². The zero-order chi connectivity index (χ0) is 11.8. The summed E-state index contributed by atoms with van der Waals surface area (Å²) in [4.78, 5) is 12.2. The van der Waals surface area contributed by atoms with Crippen LogP contribution < -0.4 is 5.56 Å². The fraction of sp³-hybridized carbons (Fsp3) is 0. The van der Waals surface area contributed by atoms with Gasteiger partial charge in [-0.1, -0.05) is 24.3 Å². The number of para-hydroxylation sites is 1. The van der Waals surface area contributed by atoms with Crippen molar-refractivity contribution in [3.63, 3.8) is 0 Å². The van der Waals surface area contributed by atoms with Crippen LogP contribution in [0.5, 0.6) is 0 Å². The Morgan fingerprint density at radius 1 is 1.00 bits per heavy atom. The Kier molecular flexibility index (Phi) is 2.61. The Morgan fingerprint density at radius 3 is 2.47 bits per heavy atom. The molecular formula is C13H8BrNOS. The summed E-state index contributed by atoms with van der Waals surface area (Å²) >= 11 is 4.94. The predicted octanol–water partition coefficient (Wildman–Crippen LogP) is 3.81. The van der Waals surface area contributed by atoms with Gasteiger partial charge in [0.15, 0.2) is 0 Å². The fourth-order valence-corrected chi connectivity index (χ4v) is 3.33. The van der Waals surface area contributed by atoms with E-state index in [0.29, 0.717) is 0 Å². The molecule has 0 N–H and O–H groups in total. The maximum absolute atomic E-state index is 12.2. The lowest BCUT2D eigenvalue weighted by Gasteiger charge is -1.97. The van der Waals surface area contributed by atoms with Gasteiger partial charge >= 0.3 is 0 Å². The number of rotatable bonds is 1. The molecule has 0 saturated carbocycles. The van der Waals surface area contributed by atoms with E-state index >= 15 is 0 Å². The summed E-state index contributed by atoms with van der Waals surface area (Å²) in [6.07, 6.45) is 0. The van der Waals surface area contributed by atoms with Gasteiger partial charge in [-0.25, -0.2) is 3.96 Å². The first-order valence-corrected chi connectivity index (χ1v) is 6.70. The molecule has 0 fully saturated rings. The average Bonchev–Trinajstić information content (AvgIpc) is 2.70. The van der Waals surface area contributed by atoms with Crippen molar-refractivity contribution in [2.24, 2.45) is 0 Å². The Morgan fingerprint density at radius 2 is 1.76 bits per heavy atom. The molecule has 0 radical (unpaired) electrons. The minimum atomic E-state index is 0.0394. The molecule has 0 aliphatic rings. The largest absolute Gasteiger partial charge is 0.273 e. The molecule has 0 amide bonds. The summed E-state index contributed by atoms with van der Waals surface area (Å²) in [6.45, 7) is 0. The highest BCUT2D eigenvalue weighted by atomic mass is 79.9. The third kappa shape index (κ3) is 1.73. The molecule has 0 saturated heterocycles. The Hall–Kier alpha value is -1.39. The number of hydrogen-bond donors (Lipinski definition) is 0. The van der Waals surface area contributed by atoms with Crippen molar-refractivity contribution in [1.82, 2.24) is 3.96 Å². The molecular weight excluding hydrogens is 298 g/mol. The highest BCUT2D eigenvalue weighted by Gasteiger charge is 2.10. The first-order valence-electron chi connectivity index (χ1n) is 5.13. The van der Waals surface area contributed by atoms with Gasteiger partial charge in [0.25, 0.3) is 5.56 Å². The van der Waals surface area contributed by atoms with Crippen molar-refractivity contribution in [1.29, 1.82) is 0 Å². The summed E-state index contributed by atoms with van der Waals surface area (Å²) in [5.74, 6) is 0. The Labute approximate surface area is 110 Å². The first-order chi connectivity index (χ1) is 8.27. The fourth-order valence-electron chi connectivity index (χ4n) is 1.75. The third-order valence-corrected chi connectivity index (χ3v) is 4.66. The van der Waals surface area contributed by atoms with Crippen LogP contribution in [0.2, 0.25) is 0 Å². The van der Waals surface area contributed by atoms with E-state index in [1.807, 2.05) is 48.5 Å². The smallest absolute Gasteiger partial charge is 0.267 e. The van der Waals surface area contributed by atoms with E-state index in [-0.39, 0.29) is 5.56 Å². The van der Waals surface area contributed by atoms with Crippen LogP contribution in [0.3, 0.4) is 0 Å². The molecule has 3 aromatic rings. The zero-order valence-electron chi connectivity index (χ0n) is 8.76. The van der Waals surface area contributed by atoms with E-state index in [4.69, 9.17) is 0 Å². The molecule has 4 heteroatoms. The molecule has 0 spiro atoms. The van der Waals surface area contributed by atoms with E-state index in [1.54, 1.807) is 3.96 Å². The van der Waals surface area contributed by atoms with Crippen LogP contribution in [0.15, 0.2) is 57.8 Å².